The molecule has 92 valence electrons. The SMILES string of the molecule is COC(=O)C(NC(C)C(=O)N(C)C)C1CC1. The molecule has 1 aliphatic rings. The van der Waals surface area contributed by atoms with Crippen molar-refractivity contribution in [2.24, 2.45) is 5.92 Å². The van der Waals surface area contributed by atoms with Crippen molar-refractivity contribution in [1.29, 1.82) is 0 Å². The second kappa shape index (κ2) is 5.30. The molecule has 1 rings (SSSR count). The second-order valence-electron chi connectivity index (χ2n) is 4.46. The number of esters is 1. The van der Waals surface area contributed by atoms with Gasteiger partial charge in [-0.05, 0) is 25.7 Å². The van der Waals surface area contributed by atoms with E-state index >= 15 is 0 Å². The Bertz CT molecular complexity index is 274. The summed E-state index contributed by atoms with van der Waals surface area (Å²) in [5.41, 5.74) is 0. The van der Waals surface area contributed by atoms with Crippen LogP contribution < -0.4 is 5.32 Å². The number of hydrogen-bond acceptors (Lipinski definition) is 4. The number of rotatable bonds is 5. The fourth-order valence-electron chi connectivity index (χ4n) is 1.68. The normalized spacial score (nSPS) is 18.8. The summed E-state index contributed by atoms with van der Waals surface area (Å²) in [6.45, 7) is 1.76. The van der Waals surface area contributed by atoms with E-state index in [9.17, 15) is 9.59 Å². The summed E-state index contributed by atoms with van der Waals surface area (Å²) >= 11 is 0. The van der Waals surface area contributed by atoms with Crippen LogP contribution in [-0.4, -0.2) is 50.1 Å². The van der Waals surface area contributed by atoms with Crippen molar-refractivity contribution < 1.29 is 14.3 Å². The lowest BCUT2D eigenvalue weighted by molar-refractivity contribution is -0.144. The summed E-state index contributed by atoms with van der Waals surface area (Å²) in [6, 6.07) is -0.705. The Balaban J connectivity index is 2.54. The van der Waals surface area contributed by atoms with Crippen LogP contribution >= 0.6 is 0 Å². The predicted octanol–water partition coefficient (Wildman–Crippen LogP) is 0.00430. The molecule has 0 bridgehead atoms. The first kappa shape index (κ1) is 13.0. The third-order valence-electron chi connectivity index (χ3n) is 2.79. The lowest BCUT2D eigenvalue weighted by atomic mass is 10.1. The smallest absolute Gasteiger partial charge is 0.323 e. The summed E-state index contributed by atoms with van der Waals surface area (Å²) in [4.78, 5) is 24.7. The molecule has 16 heavy (non-hydrogen) atoms. The number of carbonyl (C=O) groups is 2. The quantitative estimate of drug-likeness (QED) is 0.673. The summed E-state index contributed by atoms with van der Waals surface area (Å²) < 4.78 is 4.73. The Morgan fingerprint density at radius 2 is 1.94 bits per heavy atom. The highest BCUT2D eigenvalue weighted by molar-refractivity contribution is 5.83. The zero-order valence-corrected chi connectivity index (χ0v) is 10.3. The van der Waals surface area contributed by atoms with Crippen molar-refractivity contribution in [3.63, 3.8) is 0 Å². The van der Waals surface area contributed by atoms with Gasteiger partial charge in [-0.1, -0.05) is 0 Å². The summed E-state index contributed by atoms with van der Waals surface area (Å²) in [5.74, 6) is 0.0142. The maximum Gasteiger partial charge on any atom is 0.323 e. The molecule has 2 unspecified atom stereocenters. The molecule has 0 radical (unpaired) electrons. The van der Waals surface area contributed by atoms with E-state index in [1.165, 1.54) is 12.0 Å². The summed E-state index contributed by atoms with van der Waals surface area (Å²) in [6.07, 6.45) is 2.05. The molecule has 0 heterocycles. The van der Waals surface area contributed by atoms with Gasteiger partial charge in [-0.3, -0.25) is 14.9 Å². The van der Waals surface area contributed by atoms with Crippen molar-refractivity contribution in [2.45, 2.75) is 31.8 Å². The maximum atomic E-state index is 11.6. The molecular formula is C11H20N2O3. The van der Waals surface area contributed by atoms with Gasteiger partial charge in [-0.15, -0.1) is 0 Å². The van der Waals surface area contributed by atoms with Crippen molar-refractivity contribution in [1.82, 2.24) is 10.2 Å². The topological polar surface area (TPSA) is 58.6 Å². The van der Waals surface area contributed by atoms with Gasteiger partial charge in [0.05, 0.1) is 13.2 Å². The van der Waals surface area contributed by atoms with Crippen LogP contribution in [0, 0.1) is 5.92 Å². The molecule has 5 nitrogen and oxygen atoms in total. The first-order valence-corrected chi connectivity index (χ1v) is 5.52. The van der Waals surface area contributed by atoms with Gasteiger partial charge in [0.2, 0.25) is 5.91 Å². The van der Waals surface area contributed by atoms with Gasteiger partial charge in [0.15, 0.2) is 0 Å². The third kappa shape index (κ3) is 3.20. The monoisotopic (exact) mass is 228 g/mol. The van der Waals surface area contributed by atoms with E-state index < -0.39 is 0 Å². The molecule has 1 fully saturated rings. The molecule has 0 aromatic rings. The Morgan fingerprint density at radius 3 is 2.31 bits per heavy atom. The fraction of sp³-hybridized carbons (Fsp3) is 0.818. The van der Waals surface area contributed by atoms with E-state index in [1.807, 2.05) is 0 Å². The molecule has 0 aromatic heterocycles. The Hall–Kier alpha value is -1.10. The molecule has 0 saturated heterocycles. The zero-order chi connectivity index (χ0) is 12.3. The minimum absolute atomic E-state index is 0.0328. The molecule has 1 aliphatic carbocycles. The van der Waals surface area contributed by atoms with Gasteiger partial charge in [0, 0.05) is 14.1 Å². The van der Waals surface area contributed by atoms with E-state index in [-0.39, 0.29) is 24.0 Å². The third-order valence-corrected chi connectivity index (χ3v) is 2.79. The van der Waals surface area contributed by atoms with Crippen LogP contribution in [0.4, 0.5) is 0 Å². The van der Waals surface area contributed by atoms with E-state index in [1.54, 1.807) is 21.0 Å². The van der Waals surface area contributed by atoms with Crippen LogP contribution in [0.25, 0.3) is 0 Å². The molecule has 2 atom stereocenters. The van der Waals surface area contributed by atoms with Crippen molar-refractivity contribution in [2.75, 3.05) is 21.2 Å². The van der Waals surface area contributed by atoms with Crippen LogP contribution in [0.15, 0.2) is 0 Å². The lowest BCUT2D eigenvalue weighted by Crippen LogP contribution is -2.50. The standard InChI is InChI=1S/C11H20N2O3/c1-7(10(14)13(2)3)12-9(8-5-6-8)11(15)16-4/h7-9,12H,5-6H2,1-4H3. The fourth-order valence-corrected chi connectivity index (χ4v) is 1.68. The number of nitrogens with zero attached hydrogens (tertiary/aromatic N) is 1. The Kier molecular flexibility index (Phi) is 4.29. The molecule has 1 amide bonds. The van der Waals surface area contributed by atoms with Gasteiger partial charge in [0.25, 0.3) is 0 Å². The van der Waals surface area contributed by atoms with Gasteiger partial charge in [-0.25, -0.2) is 0 Å². The van der Waals surface area contributed by atoms with Gasteiger partial charge in [0.1, 0.15) is 6.04 Å². The van der Waals surface area contributed by atoms with Gasteiger partial charge in [-0.2, -0.15) is 0 Å². The molecule has 0 aromatic carbocycles. The lowest BCUT2D eigenvalue weighted by Gasteiger charge is -2.23. The Morgan fingerprint density at radius 1 is 1.38 bits per heavy atom. The predicted molar refractivity (Wildman–Crippen MR) is 59.8 cm³/mol. The highest BCUT2D eigenvalue weighted by Gasteiger charge is 2.38. The summed E-state index contributed by atoms with van der Waals surface area (Å²) in [5, 5.41) is 3.04. The Labute approximate surface area is 96.1 Å². The van der Waals surface area contributed by atoms with E-state index in [0.29, 0.717) is 5.92 Å². The number of ether oxygens (including phenoxy) is 1. The number of amides is 1. The number of nitrogens with one attached hydrogen (secondary N) is 1. The minimum Gasteiger partial charge on any atom is -0.468 e. The molecule has 1 saturated carbocycles. The van der Waals surface area contributed by atoms with Crippen LogP contribution in [-0.2, 0) is 14.3 Å². The van der Waals surface area contributed by atoms with E-state index in [4.69, 9.17) is 4.74 Å². The average Bonchev–Trinajstić information content (AvgIpc) is 3.06. The first-order chi connectivity index (χ1) is 7.47. The van der Waals surface area contributed by atoms with Gasteiger partial charge < -0.3 is 9.64 Å². The second-order valence-corrected chi connectivity index (χ2v) is 4.46. The summed E-state index contributed by atoms with van der Waals surface area (Å²) in [7, 11) is 4.77. The van der Waals surface area contributed by atoms with Crippen LogP contribution in [0.3, 0.4) is 0 Å². The number of carbonyl (C=O) groups excluding carboxylic acids is 2. The van der Waals surface area contributed by atoms with Crippen molar-refractivity contribution in [3.05, 3.63) is 0 Å². The van der Waals surface area contributed by atoms with Crippen LogP contribution in [0.1, 0.15) is 19.8 Å². The number of hydrogen-bond donors (Lipinski definition) is 1. The first-order valence-electron chi connectivity index (χ1n) is 5.52. The molecule has 1 N–H and O–H groups in total. The molecule has 5 heteroatoms. The largest absolute Gasteiger partial charge is 0.468 e. The molecular weight excluding hydrogens is 208 g/mol. The highest BCUT2D eigenvalue weighted by Crippen LogP contribution is 2.33. The minimum atomic E-state index is -0.361. The number of methoxy groups -OCH3 is 1. The number of likely N-dealkylation sites (N-methyl/N-ethyl adjacent to an activating group) is 1. The average molecular weight is 228 g/mol. The van der Waals surface area contributed by atoms with Crippen LogP contribution in [0.2, 0.25) is 0 Å². The van der Waals surface area contributed by atoms with E-state index in [0.717, 1.165) is 12.8 Å². The van der Waals surface area contributed by atoms with Crippen molar-refractivity contribution >= 4 is 11.9 Å². The maximum absolute atomic E-state index is 11.6. The van der Waals surface area contributed by atoms with Crippen molar-refractivity contribution in [3.8, 4) is 0 Å². The highest BCUT2D eigenvalue weighted by atomic mass is 16.5. The molecule has 0 aliphatic heterocycles. The van der Waals surface area contributed by atoms with Crippen LogP contribution in [0.5, 0.6) is 0 Å². The van der Waals surface area contributed by atoms with Gasteiger partial charge >= 0.3 is 5.97 Å². The molecule has 0 spiro atoms. The zero-order valence-electron chi connectivity index (χ0n) is 10.3. The van der Waals surface area contributed by atoms with E-state index in [2.05, 4.69) is 5.32 Å².